The Balaban J connectivity index is 2.30. The van der Waals surface area contributed by atoms with E-state index in [1.165, 1.54) is 19.3 Å². The first-order valence-electron chi connectivity index (χ1n) is 5.56. The highest BCUT2D eigenvalue weighted by Crippen LogP contribution is 2.10. The highest BCUT2D eigenvalue weighted by Gasteiger charge is 1.90. The largest absolute Gasteiger partial charge is 0.508 e. The van der Waals surface area contributed by atoms with Gasteiger partial charge in [0.15, 0.2) is 0 Å². The molecule has 0 aliphatic heterocycles. The molecule has 0 heterocycles. The number of benzene rings is 1. The third-order valence-electron chi connectivity index (χ3n) is 2.23. The minimum atomic E-state index is 0.320. The lowest BCUT2D eigenvalue weighted by molar-refractivity contribution is 0.475. The number of hydrogen-bond acceptors (Lipinski definition) is 1. The molecule has 1 aromatic carbocycles. The van der Waals surface area contributed by atoms with E-state index in [1.807, 2.05) is 12.1 Å². The topological polar surface area (TPSA) is 20.2 Å². The van der Waals surface area contributed by atoms with E-state index in [0.717, 1.165) is 18.4 Å². The summed E-state index contributed by atoms with van der Waals surface area (Å²) in [6.07, 6.45) is 5.44. The zero-order valence-electron chi connectivity index (χ0n) is 9.29. The lowest BCUT2D eigenvalue weighted by Crippen LogP contribution is -1.80. The van der Waals surface area contributed by atoms with Crippen molar-refractivity contribution >= 4 is 0 Å². The average Bonchev–Trinajstić information content (AvgIpc) is 2.23. The predicted molar refractivity (Wildman–Crippen MR) is 63.7 cm³/mol. The molecule has 0 aliphatic carbocycles. The first-order chi connectivity index (χ1) is 7.33. The van der Waals surface area contributed by atoms with Crippen LogP contribution in [0.25, 0.3) is 0 Å². The van der Waals surface area contributed by atoms with E-state index in [9.17, 15) is 5.11 Å². The molecule has 0 aliphatic rings. The standard InChI is InChI=1S/C14H18O/c1-2-3-4-5-6-7-9-13-10-8-11-14(15)12-13/h8,10-12,15H,2-5,9H2,1H3. The van der Waals surface area contributed by atoms with E-state index in [2.05, 4.69) is 18.8 Å². The van der Waals surface area contributed by atoms with Crippen LogP contribution in [0.2, 0.25) is 0 Å². The molecule has 80 valence electrons. The Labute approximate surface area is 92.1 Å². The SMILES string of the molecule is CCCCCC#CCc1cccc(O)c1. The van der Waals surface area contributed by atoms with Crippen molar-refractivity contribution in [3.05, 3.63) is 29.8 Å². The van der Waals surface area contributed by atoms with Gasteiger partial charge in [-0.25, -0.2) is 0 Å². The number of aromatic hydroxyl groups is 1. The first-order valence-corrected chi connectivity index (χ1v) is 5.56. The van der Waals surface area contributed by atoms with Gasteiger partial charge in [0.2, 0.25) is 0 Å². The number of unbranched alkanes of at least 4 members (excludes halogenated alkanes) is 3. The summed E-state index contributed by atoms with van der Waals surface area (Å²) in [5, 5.41) is 9.24. The molecule has 1 rings (SSSR count). The fourth-order valence-electron chi connectivity index (χ4n) is 1.38. The monoisotopic (exact) mass is 202 g/mol. The van der Waals surface area contributed by atoms with E-state index >= 15 is 0 Å². The van der Waals surface area contributed by atoms with Crippen LogP contribution in [0.5, 0.6) is 5.75 Å². The van der Waals surface area contributed by atoms with E-state index in [0.29, 0.717) is 5.75 Å². The zero-order valence-corrected chi connectivity index (χ0v) is 9.29. The maximum absolute atomic E-state index is 9.24. The van der Waals surface area contributed by atoms with Crippen LogP contribution in [0, 0.1) is 11.8 Å². The van der Waals surface area contributed by atoms with E-state index in [4.69, 9.17) is 0 Å². The van der Waals surface area contributed by atoms with Crippen LogP contribution in [-0.2, 0) is 6.42 Å². The summed E-state index contributed by atoms with van der Waals surface area (Å²) in [5.74, 6) is 6.60. The van der Waals surface area contributed by atoms with Crippen molar-refractivity contribution in [3.63, 3.8) is 0 Å². The van der Waals surface area contributed by atoms with Crippen molar-refractivity contribution in [2.24, 2.45) is 0 Å². The summed E-state index contributed by atoms with van der Waals surface area (Å²) < 4.78 is 0. The number of hydrogen-bond donors (Lipinski definition) is 1. The lowest BCUT2D eigenvalue weighted by Gasteiger charge is -1.95. The maximum atomic E-state index is 9.24. The van der Waals surface area contributed by atoms with Gasteiger partial charge in [-0.15, -0.1) is 5.92 Å². The zero-order chi connectivity index (χ0) is 10.9. The third kappa shape index (κ3) is 5.12. The molecule has 15 heavy (non-hydrogen) atoms. The van der Waals surface area contributed by atoms with Gasteiger partial charge in [0.05, 0.1) is 0 Å². The molecule has 0 unspecified atom stereocenters. The first kappa shape index (κ1) is 11.7. The number of phenols is 1. The summed E-state index contributed by atoms with van der Waals surface area (Å²) in [4.78, 5) is 0. The molecule has 0 fully saturated rings. The summed E-state index contributed by atoms with van der Waals surface area (Å²) in [5.41, 5.74) is 1.08. The van der Waals surface area contributed by atoms with Gasteiger partial charge in [-0.1, -0.05) is 37.8 Å². The fraction of sp³-hybridized carbons (Fsp3) is 0.429. The second-order valence-corrected chi connectivity index (χ2v) is 3.66. The molecule has 0 spiro atoms. The Morgan fingerprint density at radius 3 is 2.80 bits per heavy atom. The average molecular weight is 202 g/mol. The molecular formula is C14H18O. The summed E-state index contributed by atoms with van der Waals surface area (Å²) >= 11 is 0. The fourth-order valence-corrected chi connectivity index (χ4v) is 1.38. The quantitative estimate of drug-likeness (QED) is 0.585. The van der Waals surface area contributed by atoms with Gasteiger partial charge < -0.3 is 5.11 Å². The highest BCUT2D eigenvalue weighted by atomic mass is 16.3. The minimum absolute atomic E-state index is 0.320. The van der Waals surface area contributed by atoms with Crippen molar-refractivity contribution in [2.45, 2.75) is 39.0 Å². The molecule has 0 aromatic heterocycles. The van der Waals surface area contributed by atoms with Gasteiger partial charge >= 0.3 is 0 Å². The van der Waals surface area contributed by atoms with Crippen LogP contribution < -0.4 is 0 Å². The molecule has 0 saturated heterocycles. The second kappa shape index (κ2) is 6.95. The lowest BCUT2D eigenvalue weighted by atomic mass is 10.1. The Morgan fingerprint density at radius 2 is 2.07 bits per heavy atom. The van der Waals surface area contributed by atoms with Gasteiger partial charge in [-0.3, -0.25) is 0 Å². The predicted octanol–water partition coefficient (Wildman–Crippen LogP) is 3.52. The van der Waals surface area contributed by atoms with Crippen LogP contribution in [0.1, 0.15) is 38.2 Å². The smallest absolute Gasteiger partial charge is 0.115 e. The van der Waals surface area contributed by atoms with E-state index in [1.54, 1.807) is 12.1 Å². The normalized spacial score (nSPS) is 9.40. The maximum Gasteiger partial charge on any atom is 0.115 e. The minimum Gasteiger partial charge on any atom is -0.508 e. The van der Waals surface area contributed by atoms with Crippen LogP contribution in [0.15, 0.2) is 24.3 Å². The summed E-state index contributed by atoms with van der Waals surface area (Å²) in [6, 6.07) is 7.28. The van der Waals surface area contributed by atoms with Crippen molar-refractivity contribution in [1.82, 2.24) is 0 Å². The van der Waals surface area contributed by atoms with Crippen LogP contribution >= 0.6 is 0 Å². The molecule has 0 amide bonds. The van der Waals surface area contributed by atoms with Crippen molar-refractivity contribution in [1.29, 1.82) is 0 Å². The molecule has 1 nitrogen and oxygen atoms in total. The Morgan fingerprint density at radius 1 is 1.20 bits per heavy atom. The molecular weight excluding hydrogens is 184 g/mol. The highest BCUT2D eigenvalue weighted by molar-refractivity contribution is 5.29. The van der Waals surface area contributed by atoms with Crippen molar-refractivity contribution < 1.29 is 5.11 Å². The molecule has 1 N–H and O–H groups in total. The van der Waals surface area contributed by atoms with Gasteiger partial charge in [0.1, 0.15) is 5.75 Å². The molecule has 1 heteroatoms. The van der Waals surface area contributed by atoms with Gasteiger partial charge in [-0.2, -0.15) is 0 Å². The summed E-state index contributed by atoms with van der Waals surface area (Å²) in [6.45, 7) is 2.19. The number of phenolic OH excluding ortho intramolecular Hbond substituents is 1. The molecule has 0 radical (unpaired) electrons. The van der Waals surface area contributed by atoms with Crippen molar-refractivity contribution in [3.8, 4) is 17.6 Å². The Hall–Kier alpha value is -1.42. The van der Waals surface area contributed by atoms with E-state index < -0.39 is 0 Å². The van der Waals surface area contributed by atoms with Crippen LogP contribution in [0.4, 0.5) is 0 Å². The second-order valence-electron chi connectivity index (χ2n) is 3.66. The van der Waals surface area contributed by atoms with Crippen LogP contribution in [0.3, 0.4) is 0 Å². The molecule has 0 bridgehead atoms. The Bertz CT molecular complexity index is 344. The molecule has 1 aromatic rings. The van der Waals surface area contributed by atoms with Crippen molar-refractivity contribution in [2.75, 3.05) is 0 Å². The van der Waals surface area contributed by atoms with Gasteiger partial charge in [-0.05, 0) is 24.1 Å². The number of rotatable bonds is 4. The van der Waals surface area contributed by atoms with Crippen LogP contribution in [-0.4, -0.2) is 5.11 Å². The molecule has 0 saturated carbocycles. The van der Waals surface area contributed by atoms with Gasteiger partial charge in [0, 0.05) is 12.8 Å². The Kier molecular flexibility index (Phi) is 5.40. The molecule has 0 atom stereocenters. The third-order valence-corrected chi connectivity index (χ3v) is 2.23. The van der Waals surface area contributed by atoms with E-state index in [-0.39, 0.29) is 0 Å². The van der Waals surface area contributed by atoms with Gasteiger partial charge in [0.25, 0.3) is 0 Å². The summed E-state index contributed by atoms with van der Waals surface area (Å²) in [7, 11) is 0.